The highest BCUT2D eigenvalue weighted by atomic mass is 16.5. The van der Waals surface area contributed by atoms with Crippen LogP contribution in [0, 0.1) is 6.92 Å². The van der Waals surface area contributed by atoms with Crippen molar-refractivity contribution in [2.45, 2.75) is 13.8 Å². The molecule has 0 aliphatic carbocycles. The van der Waals surface area contributed by atoms with E-state index in [4.69, 9.17) is 9.72 Å². The zero-order valence-corrected chi connectivity index (χ0v) is 16.7. The number of nitrogens with zero attached hydrogens (tertiary/aromatic N) is 2. The number of aryl methyl sites for hydroxylation is 1. The summed E-state index contributed by atoms with van der Waals surface area (Å²) in [6.07, 6.45) is 3.64. The Labute approximate surface area is 173 Å². The van der Waals surface area contributed by atoms with Gasteiger partial charge in [-0.25, -0.2) is 4.98 Å². The van der Waals surface area contributed by atoms with Gasteiger partial charge >= 0.3 is 5.97 Å². The van der Waals surface area contributed by atoms with Gasteiger partial charge in [0, 0.05) is 6.92 Å². The minimum atomic E-state index is -0.374. The Morgan fingerprint density at radius 1 is 0.967 bits per heavy atom. The Kier molecular flexibility index (Phi) is 5.26. The second-order valence-electron chi connectivity index (χ2n) is 6.97. The Balaban J connectivity index is 1.86. The molecule has 1 heterocycles. The van der Waals surface area contributed by atoms with Crippen LogP contribution in [0.5, 0.6) is 5.75 Å². The highest BCUT2D eigenvalue weighted by Gasteiger charge is 2.11. The summed E-state index contributed by atoms with van der Waals surface area (Å²) >= 11 is 0. The average molecular weight is 396 g/mol. The zero-order chi connectivity index (χ0) is 21.1. The van der Waals surface area contributed by atoms with Crippen molar-refractivity contribution in [1.29, 1.82) is 0 Å². The maximum Gasteiger partial charge on any atom is 0.308 e. The smallest absolute Gasteiger partial charge is 0.308 e. The van der Waals surface area contributed by atoms with Gasteiger partial charge in [-0.2, -0.15) is 0 Å². The van der Waals surface area contributed by atoms with Crippen molar-refractivity contribution in [3.05, 3.63) is 100 Å². The van der Waals surface area contributed by atoms with E-state index >= 15 is 0 Å². The molecule has 4 aromatic rings. The number of hydrogen-bond donors (Lipinski definition) is 0. The fraction of sp³-hybridized carbons (Fsp3) is 0.0800. The van der Waals surface area contributed by atoms with E-state index in [1.54, 1.807) is 34.9 Å². The summed E-state index contributed by atoms with van der Waals surface area (Å²) in [7, 11) is 0. The second kappa shape index (κ2) is 8.17. The molecule has 5 heteroatoms. The number of carbonyl (C=O) groups excluding carboxylic acids is 1. The quantitative estimate of drug-likeness (QED) is 0.368. The fourth-order valence-electron chi connectivity index (χ4n) is 3.30. The maximum atomic E-state index is 13.3. The normalized spacial score (nSPS) is 11.1. The summed E-state index contributed by atoms with van der Waals surface area (Å²) < 4.78 is 6.76. The summed E-state index contributed by atoms with van der Waals surface area (Å²) in [6, 6.07) is 22.2. The molecule has 0 bridgehead atoms. The van der Waals surface area contributed by atoms with Crippen LogP contribution in [0.1, 0.15) is 23.9 Å². The first kappa shape index (κ1) is 19.3. The third kappa shape index (κ3) is 4.05. The minimum absolute atomic E-state index is 0.125. The molecule has 0 atom stereocenters. The number of hydrogen-bond acceptors (Lipinski definition) is 4. The van der Waals surface area contributed by atoms with Gasteiger partial charge in [0.15, 0.2) is 0 Å². The lowest BCUT2D eigenvalue weighted by atomic mass is 10.1. The van der Waals surface area contributed by atoms with Gasteiger partial charge in [0.25, 0.3) is 5.56 Å². The standard InChI is InChI=1S/C25H20N2O3/c1-17-7-5-9-20(15-17)27-24(26-23-12-4-3-11-22(23)25(27)29)14-13-19-8-6-10-21(16-19)30-18(2)28/h3-16H,1-2H3/b14-13+. The molecule has 0 aliphatic rings. The van der Waals surface area contributed by atoms with Crippen LogP contribution in [0.4, 0.5) is 0 Å². The van der Waals surface area contributed by atoms with Gasteiger partial charge in [0.2, 0.25) is 0 Å². The summed E-state index contributed by atoms with van der Waals surface area (Å²) in [4.78, 5) is 29.2. The molecule has 0 radical (unpaired) electrons. The predicted octanol–water partition coefficient (Wildman–Crippen LogP) is 4.79. The van der Waals surface area contributed by atoms with Crippen molar-refractivity contribution >= 4 is 29.0 Å². The first-order chi connectivity index (χ1) is 14.5. The predicted molar refractivity (Wildman–Crippen MR) is 119 cm³/mol. The first-order valence-electron chi connectivity index (χ1n) is 9.57. The van der Waals surface area contributed by atoms with Crippen LogP contribution in [0.3, 0.4) is 0 Å². The molecule has 0 saturated heterocycles. The van der Waals surface area contributed by atoms with E-state index in [-0.39, 0.29) is 11.5 Å². The van der Waals surface area contributed by atoms with E-state index in [1.165, 1.54) is 6.92 Å². The number of esters is 1. The Morgan fingerprint density at radius 2 is 1.77 bits per heavy atom. The lowest BCUT2D eigenvalue weighted by Crippen LogP contribution is -2.22. The first-order valence-corrected chi connectivity index (χ1v) is 9.57. The highest BCUT2D eigenvalue weighted by molar-refractivity contribution is 5.80. The van der Waals surface area contributed by atoms with Crippen molar-refractivity contribution in [1.82, 2.24) is 9.55 Å². The van der Waals surface area contributed by atoms with Gasteiger partial charge in [-0.05, 0) is 60.5 Å². The summed E-state index contributed by atoms with van der Waals surface area (Å²) in [5, 5.41) is 0.563. The molecule has 0 amide bonds. The topological polar surface area (TPSA) is 61.2 Å². The maximum absolute atomic E-state index is 13.3. The van der Waals surface area contributed by atoms with Crippen molar-refractivity contribution < 1.29 is 9.53 Å². The Hall–Kier alpha value is -3.99. The van der Waals surface area contributed by atoms with Crippen LogP contribution in [0.2, 0.25) is 0 Å². The SMILES string of the molecule is CC(=O)Oc1cccc(/C=C/c2nc3ccccc3c(=O)n2-c2cccc(C)c2)c1. The number of fused-ring (bicyclic) bond motifs is 1. The van der Waals surface area contributed by atoms with Crippen molar-refractivity contribution in [2.24, 2.45) is 0 Å². The van der Waals surface area contributed by atoms with Crippen LogP contribution in [-0.4, -0.2) is 15.5 Å². The van der Waals surface area contributed by atoms with Gasteiger partial charge in [-0.1, -0.05) is 42.5 Å². The molecule has 0 saturated carbocycles. The third-order valence-electron chi connectivity index (χ3n) is 4.61. The van der Waals surface area contributed by atoms with Gasteiger partial charge in [0.05, 0.1) is 16.6 Å². The van der Waals surface area contributed by atoms with Crippen LogP contribution in [0.25, 0.3) is 28.7 Å². The number of carbonyl (C=O) groups is 1. The van der Waals surface area contributed by atoms with Gasteiger partial charge in [-0.3, -0.25) is 14.2 Å². The molecule has 0 spiro atoms. The van der Waals surface area contributed by atoms with Crippen molar-refractivity contribution in [2.75, 3.05) is 0 Å². The highest BCUT2D eigenvalue weighted by Crippen LogP contribution is 2.18. The van der Waals surface area contributed by atoms with Crippen LogP contribution in [0.15, 0.2) is 77.6 Å². The minimum Gasteiger partial charge on any atom is -0.427 e. The van der Waals surface area contributed by atoms with E-state index in [9.17, 15) is 9.59 Å². The third-order valence-corrected chi connectivity index (χ3v) is 4.61. The van der Waals surface area contributed by atoms with Gasteiger partial charge in [-0.15, -0.1) is 0 Å². The van der Waals surface area contributed by atoms with Crippen LogP contribution < -0.4 is 10.3 Å². The van der Waals surface area contributed by atoms with E-state index in [1.807, 2.05) is 61.5 Å². The van der Waals surface area contributed by atoms with Gasteiger partial charge in [0.1, 0.15) is 11.6 Å². The monoisotopic (exact) mass is 396 g/mol. The molecule has 148 valence electrons. The molecular weight excluding hydrogens is 376 g/mol. The van der Waals surface area contributed by atoms with E-state index < -0.39 is 0 Å². The fourth-order valence-corrected chi connectivity index (χ4v) is 3.30. The van der Waals surface area contributed by atoms with E-state index in [0.29, 0.717) is 22.5 Å². The lowest BCUT2D eigenvalue weighted by molar-refractivity contribution is -0.131. The molecule has 5 nitrogen and oxygen atoms in total. The van der Waals surface area contributed by atoms with Crippen molar-refractivity contribution in [3.8, 4) is 11.4 Å². The molecule has 0 unspecified atom stereocenters. The number of para-hydroxylation sites is 1. The number of ether oxygens (including phenoxy) is 1. The number of aromatic nitrogens is 2. The molecule has 0 aliphatic heterocycles. The van der Waals surface area contributed by atoms with Crippen LogP contribution in [-0.2, 0) is 4.79 Å². The summed E-state index contributed by atoms with van der Waals surface area (Å²) in [5.41, 5.74) is 3.15. The molecule has 30 heavy (non-hydrogen) atoms. The van der Waals surface area contributed by atoms with Crippen molar-refractivity contribution in [3.63, 3.8) is 0 Å². The molecule has 0 fully saturated rings. The Bertz CT molecular complexity index is 1340. The number of benzene rings is 3. The van der Waals surface area contributed by atoms with E-state index in [0.717, 1.165) is 16.8 Å². The average Bonchev–Trinajstić information content (AvgIpc) is 2.72. The summed E-state index contributed by atoms with van der Waals surface area (Å²) in [5.74, 6) is 0.606. The molecule has 3 aromatic carbocycles. The molecule has 1 aromatic heterocycles. The molecule has 0 N–H and O–H groups in total. The zero-order valence-electron chi connectivity index (χ0n) is 16.7. The lowest BCUT2D eigenvalue weighted by Gasteiger charge is -2.12. The van der Waals surface area contributed by atoms with Crippen LogP contribution >= 0.6 is 0 Å². The number of rotatable bonds is 4. The van der Waals surface area contributed by atoms with E-state index in [2.05, 4.69) is 0 Å². The summed E-state index contributed by atoms with van der Waals surface area (Å²) in [6.45, 7) is 3.35. The molecular formula is C25H20N2O3. The van der Waals surface area contributed by atoms with Gasteiger partial charge < -0.3 is 4.74 Å². The second-order valence-corrected chi connectivity index (χ2v) is 6.97. The molecule has 4 rings (SSSR count). The Morgan fingerprint density at radius 3 is 2.57 bits per heavy atom. The largest absolute Gasteiger partial charge is 0.427 e.